The van der Waals surface area contributed by atoms with Gasteiger partial charge in [-0.2, -0.15) is 0 Å². The van der Waals surface area contributed by atoms with Crippen molar-refractivity contribution in [3.63, 3.8) is 0 Å². The molecule has 40 heavy (non-hydrogen) atoms. The highest BCUT2D eigenvalue weighted by atomic mass is 16.5. The van der Waals surface area contributed by atoms with Gasteiger partial charge in [-0.05, 0) is 81.5 Å². The fourth-order valence-electron chi connectivity index (χ4n) is 6.87. The minimum atomic E-state index is -0.218. The number of Topliss-reactive ketones (excluding diaryl/α,β-unsaturated/α-hetero) is 1. The molecule has 0 unspecified atom stereocenters. The van der Waals surface area contributed by atoms with Crippen LogP contribution in [0.2, 0.25) is 0 Å². The number of hydrogen-bond donors (Lipinski definition) is 0. The molecular weight excluding hydrogens is 500 g/mol. The maximum Gasteiger partial charge on any atom is 0.306 e. The molecule has 0 saturated heterocycles. The molecular formula is C35H62O5. The molecule has 0 aromatic heterocycles. The van der Waals surface area contributed by atoms with E-state index in [0.717, 1.165) is 50.9 Å². The molecule has 3 saturated carbocycles. The Hall–Kier alpha value is -1.39. The lowest BCUT2D eigenvalue weighted by atomic mass is 9.59. The minimum Gasteiger partial charge on any atom is -0.466 e. The first-order chi connectivity index (χ1) is 19.5. The first kappa shape index (κ1) is 34.8. The van der Waals surface area contributed by atoms with Crippen LogP contribution < -0.4 is 0 Å². The van der Waals surface area contributed by atoms with Gasteiger partial charge in [0.2, 0.25) is 0 Å². The summed E-state index contributed by atoms with van der Waals surface area (Å²) < 4.78 is 11.0. The van der Waals surface area contributed by atoms with Crippen LogP contribution in [-0.2, 0) is 23.9 Å². The van der Waals surface area contributed by atoms with Crippen molar-refractivity contribution in [3.05, 3.63) is 0 Å². The number of esters is 2. The second-order valence-corrected chi connectivity index (χ2v) is 13.1. The van der Waals surface area contributed by atoms with Crippen LogP contribution in [0.3, 0.4) is 0 Å². The first-order valence-corrected chi connectivity index (χ1v) is 17.3. The number of carbonyl (C=O) groups excluding carboxylic acids is 3. The van der Waals surface area contributed by atoms with Crippen LogP contribution in [-0.4, -0.2) is 30.9 Å². The highest BCUT2D eigenvalue weighted by Gasteiger charge is 2.39. The molecule has 0 N–H and O–H groups in total. The third kappa shape index (κ3) is 15.6. The van der Waals surface area contributed by atoms with Crippen molar-refractivity contribution < 1.29 is 23.9 Å². The number of ketones is 1. The number of hydrogen-bond acceptors (Lipinski definition) is 5. The van der Waals surface area contributed by atoms with Crippen LogP contribution in [0.25, 0.3) is 0 Å². The van der Waals surface area contributed by atoms with Crippen molar-refractivity contribution in [3.8, 4) is 0 Å². The summed E-state index contributed by atoms with van der Waals surface area (Å²) in [6, 6.07) is 0. The van der Waals surface area contributed by atoms with Crippen molar-refractivity contribution in [2.24, 2.45) is 17.3 Å². The largest absolute Gasteiger partial charge is 0.466 e. The van der Waals surface area contributed by atoms with E-state index in [1.54, 1.807) is 0 Å². The lowest BCUT2D eigenvalue weighted by Gasteiger charge is -2.46. The van der Waals surface area contributed by atoms with E-state index in [4.69, 9.17) is 9.47 Å². The van der Waals surface area contributed by atoms with Crippen molar-refractivity contribution in [1.29, 1.82) is 0 Å². The third-order valence-corrected chi connectivity index (χ3v) is 9.81. The molecule has 3 rings (SSSR count). The van der Waals surface area contributed by atoms with Gasteiger partial charge in [-0.15, -0.1) is 0 Å². The number of rotatable bonds is 25. The molecule has 5 heteroatoms. The van der Waals surface area contributed by atoms with E-state index in [1.165, 1.54) is 89.9 Å². The van der Waals surface area contributed by atoms with Crippen LogP contribution in [0.4, 0.5) is 0 Å². The van der Waals surface area contributed by atoms with Gasteiger partial charge in [0.05, 0.1) is 19.6 Å². The van der Waals surface area contributed by atoms with E-state index >= 15 is 0 Å². The van der Waals surface area contributed by atoms with Gasteiger partial charge in [0.1, 0.15) is 5.78 Å². The second kappa shape index (κ2) is 21.3. The Morgan fingerprint density at radius 1 is 0.625 bits per heavy atom. The zero-order valence-electron chi connectivity index (χ0n) is 26.3. The van der Waals surface area contributed by atoms with Gasteiger partial charge in [0.25, 0.3) is 0 Å². The molecule has 5 nitrogen and oxygen atoms in total. The van der Waals surface area contributed by atoms with Gasteiger partial charge in [-0.3, -0.25) is 14.4 Å². The van der Waals surface area contributed by atoms with Crippen LogP contribution in [0.15, 0.2) is 0 Å². The molecule has 3 aliphatic carbocycles. The van der Waals surface area contributed by atoms with Gasteiger partial charge in [0, 0.05) is 19.3 Å². The summed E-state index contributed by atoms with van der Waals surface area (Å²) in [6.07, 6.45) is 26.5. The van der Waals surface area contributed by atoms with Gasteiger partial charge >= 0.3 is 11.9 Å². The Morgan fingerprint density at radius 2 is 1.18 bits per heavy atom. The van der Waals surface area contributed by atoms with E-state index < -0.39 is 0 Å². The molecule has 0 spiro atoms. The van der Waals surface area contributed by atoms with Crippen LogP contribution in [0.5, 0.6) is 0 Å². The minimum absolute atomic E-state index is 0.0614. The van der Waals surface area contributed by atoms with Gasteiger partial charge in [-0.1, -0.05) is 84.5 Å². The van der Waals surface area contributed by atoms with Crippen molar-refractivity contribution in [2.45, 2.75) is 174 Å². The van der Waals surface area contributed by atoms with Crippen LogP contribution >= 0.6 is 0 Å². The molecule has 0 aromatic carbocycles. The Kier molecular flexibility index (Phi) is 18.6. The molecule has 0 amide bonds. The molecule has 0 aliphatic heterocycles. The summed E-state index contributed by atoms with van der Waals surface area (Å²) in [5, 5.41) is 0. The molecule has 2 bridgehead atoms. The van der Waals surface area contributed by atoms with Crippen molar-refractivity contribution in [1.82, 2.24) is 0 Å². The highest BCUT2D eigenvalue weighted by molar-refractivity contribution is 5.82. The average molecular weight is 563 g/mol. The summed E-state index contributed by atoms with van der Waals surface area (Å²) in [5.41, 5.74) is 0.427. The van der Waals surface area contributed by atoms with E-state index in [1.807, 2.05) is 0 Å². The molecule has 0 aromatic rings. The number of unbranched alkanes of at least 4 members (excludes halogenated alkanes) is 8. The summed E-state index contributed by atoms with van der Waals surface area (Å²) in [6.45, 7) is 5.58. The zero-order chi connectivity index (χ0) is 28.9. The van der Waals surface area contributed by atoms with Gasteiger partial charge in [0.15, 0.2) is 0 Å². The maximum absolute atomic E-state index is 12.2. The molecule has 232 valence electrons. The van der Waals surface area contributed by atoms with Crippen molar-refractivity contribution in [2.75, 3.05) is 13.2 Å². The SMILES string of the molecule is CCCCCC(CCCCC)CCOC(=O)CCCCCCCC(=O)CCC(=O)OCCC12CCC(CC1)CC2. The molecule has 3 fully saturated rings. The Morgan fingerprint density at radius 3 is 1.80 bits per heavy atom. The number of fused-ring (bicyclic) bond motifs is 3. The first-order valence-electron chi connectivity index (χ1n) is 17.3. The van der Waals surface area contributed by atoms with Crippen LogP contribution in [0, 0.1) is 17.3 Å². The van der Waals surface area contributed by atoms with E-state index in [-0.39, 0.29) is 24.1 Å². The average Bonchev–Trinajstić information content (AvgIpc) is 2.96. The monoisotopic (exact) mass is 562 g/mol. The van der Waals surface area contributed by atoms with E-state index in [0.29, 0.717) is 43.8 Å². The second-order valence-electron chi connectivity index (χ2n) is 13.1. The predicted octanol–water partition coefficient (Wildman–Crippen LogP) is 9.68. The van der Waals surface area contributed by atoms with Crippen molar-refractivity contribution >= 4 is 17.7 Å². The molecule has 0 atom stereocenters. The predicted molar refractivity (Wildman–Crippen MR) is 163 cm³/mol. The summed E-state index contributed by atoms with van der Waals surface area (Å²) >= 11 is 0. The topological polar surface area (TPSA) is 69.7 Å². The van der Waals surface area contributed by atoms with Gasteiger partial charge in [-0.25, -0.2) is 0 Å². The number of carbonyl (C=O) groups is 3. The summed E-state index contributed by atoms with van der Waals surface area (Å²) in [5.74, 6) is 1.53. The highest BCUT2D eigenvalue weighted by Crippen LogP contribution is 2.52. The summed E-state index contributed by atoms with van der Waals surface area (Å²) in [7, 11) is 0. The van der Waals surface area contributed by atoms with Gasteiger partial charge < -0.3 is 9.47 Å². The number of ether oxygens (including phenoxy) is 2. The molecule has 0 heterocycles. The smallest absolute Gasteiger partial charge is 0.306 e. The Labute approximate surface area is 246 Å². The summed E-state index contributed by atoms with van der Waals surface area (Å²) in [4.78, 5) is 36.4. The fraction of sp³-hybridized carbons (Fsp3) is 0.914. The maximum atomic E-state index is 12.2. The van der Waals surface area contributed by atoms with E-state index in [9.17, 15) is 14.4 Å². The Bertz CT molecular complexity index is 670. The van der Waals surface area contributed by atoms with Crippen LogP contribution in [0.1, 0.15) is 174 Å². The zero-order valence-corrected chi connectivity index (χ0v) is 26.3. The molecule has 0 radical (unpaired) electrons. The Balaban J connectivity index is 1.40. The lowest BCUT2D eigenvalue weighted by molar-refractivity contribution is -0.146. The quantitative estimate of drug-likeness (QED) is 0.0818. The fourth-order valence-corrected chi connectivity index (χ4v) is 6.87. The standard InChI is InChI=1S/C35H62O5/c1-3-5-10-14-30(15-11-6-4-2)23-28-39-33(37)17-13-9-7-8-12-16-32(36)18-19-34(38)40-29-27-35-24-20-31(21-25-35)22-26-35/h30-31H,3-29H2,1-2H3. The normalized spacial score (nSPS) is 20.1. The lowest BCUT2D eigenvalue weighted by Crippen LogP contribution is -2.35. The molecule has 3 aliphatic rings. The third-order valence-electron chi connectivity index (χ3n) is 9.81. The van der Waals surface area contributed by atoms with E-state index in [2.05, 4.69) is 13.8 Å².